The molecule has 2 rings (SSSR count). The van der Waals surface area contributed by atoms with Gasteiger partial charge in [-0.1, -0.05) is 0 Å². The van der Waals surface area contributed by atoms with Gasteiger partial charge in [0.05, 0.1) is 15.9 Å². The van der Waals surface area contributed by atoms with Crippen LogP contribution in [0.5, 0.6) is 0 Å². The minimum Gasteiger partial charge on any atom is -0.478 e. The molecule has 21 heavy (non-hydrogen) atoms. The number of aliphatic carboxylic acids is 1. The van der Waals surface area contributed by atoms with Crippen molar-refractivity contribution in [3.8, 4) is 0 Å². The zero-order valence-corrected chi connectivity index (χ0v) is 12.7. The van der Waals surface area contributed by atoms with Crippen molar-refractivity contribution in [3.63, 3.8) is 0 Å². The molecule has 0 radical (unpaired) electrons. The van der Waals surface area contributed by atoms with Crippen molar-refractivity contribution in [2.75, 3.05) is 12.3 Å². The number of carbonyl (C=O) groups is 2. The molecule has 1 aromatic heterocycles. The van der Waals surface area contributed by atoms with Gasteiger partial charge in [-0.25, -0.2) is 13.2 Å². The summed E-state index contributed by atoms with van der Waals surface area (Å²) in [6, 6.07) is 3.23. The molecule has 8 heteroatoms. The number of carboxylic acid groups (broad SMARTS) is 1. The Labute approximate surface area is 126 Å². The van der Waals surface area contributed by atoms with E-state index in [1.54, 1.807) is 12.1 Å². The van der Waals surface area contributed by atoms with E-state index < -0.39 is 21.1 Å². The average Bonchev–Trinajstić information content (AvgIpc) is 3.00. The molecule has 1 fully saturated rings. The molecular formula is C13H15NO5S2. The molecule has 1 atom stereocenters. The normalized spacial score (nSPS) is 20.7. The van der Waals surface area contributed by atoms with Crippen molar-refractivity contribution >= 4 is 39.1 Å². The average molecular weight is 329 g/mol. The van der Waals surface area contributed by atoms with E-state index in [9.17, 15) is 18.0 Å². The second-order valence-electron chi connectivity index (χ2n) is 4.71. The molecule has 0 saturated carbocycles. The number of amides is 1. The number of carboxylic acids is 1. The highest BCUT2D eigenvalue weighted by Crippen LogP contribution is 2.20. The summed E-state index contributed by atoms with van der Waals surface area (Å²) >= 11 is 1.15. The van der Waals surface area contributed by atoms with Crippen LogP contribution in [0.25, 0.3) is 6.08 Å². The fourth-order valence-electron chi connectivity index (χ4n) is 2.10. The first-order valence-electron chi connectivity index (χ1n) is 6.39. The second kappa shape index (κ2) is 6.40. The van der Waals surface area contributed by atoms with Gasteiger partial charge in [0.15, 0.2) is 9.84 Å². The predicted octanol–water partition coefficient (Wildman–Crippen LogP) is 1.15. The topological polar surface area (TPSA) is 101 Å². The van der Waals surface area contributed by atoms with Crippen LogP contribution in [-0.2, 0) is 14.6 Å². The zero-order valence-electron chi connectivity index (χ0n) is 11.1. The van der Waals surface area contributed by atoms with Gasteiger partial charge < -0.3 is 10.4 Å². The third kappa shape index (κ3) is 4.15. The molecule has 1 aromatic rings. The van der Waals surface area contributed by atoms with Crippen LogP contribution in [0.1, 0.15) is 27.4 Å². The maximum atomic E-state index is 11.9. The number of sulfone groups is 1. The molecule has 1 amide bonds. The van der Waals surface area contributed by atoms with Crippen LogP contribution in [0, 0.1) is 0 Å². The molecule has 0 spiro atoms. The van der Waals surface area contributed by atoms with Gasteiger partial charge in [-0.05, 0) is 31.1 Å². The van der Waals surface area contributed by atoms with Crippen molar-refractivity contribution in [1.82, 2.24) is 5.32 Å². The maximum Gasteiger partial charge on any atom is 0.328 e. The van der Waals surface area contributed by atoms with E-state index >= 15 is 0 Å². The minimum absolute atomic E-state index is 0.124. The van der Waals surface area contributed by atoms with Gasteiger partial charge >= 0.3 is 5.97 Å². The molecule has 1 aliphatic rings. The van der Waals surface area contributed by atoms with E-state index in [0.29, 0.717) is 22.6 Å². The van der Waals surface area contributed by atoms with Gasteiger partial charge in [-0.2, -0.15) is 0 Å². The third-order valence-electron chi connectivity index (χ3n) is 3.19. The summed E-state index contributed by atoms with van der Waals surface area (Å²) in [5, 5.41) is 10.7. The first-order valence-corrected chi connectivity index (χ1v) is 8.92. The van der Waals surface area contributed by atoms with Crippen LogP contribution in [0.4, 0.5) is 0 Å². The van der Waals surface area contributed by atoms with Gasteiger partial charge in [-0.15, -0.1) is 11.3 Å². The Hall–Kier alpha value is -1.67. The monoisotopic (exact) mass is 329 g/mol. The lowest BCUT2D eigenvalue weighted by atomic mass is 10.2. The van der Waals surface area contributed by atoms with Gasteiger partial charge in [0.2, 0.25) is 0 Å². The fraction of sp³-hybridized carbons (Fsp3) is 0.385. The Morgan fingerprint density at radius 3 is 2.81 bits per heavy atom. The van der Waals surface area contributed by atoms with Crippen LogP contribution in [-0.4, -0.2) is 42.9 Å². The third-order valence-corrected chi connectivity index (χ3v) is 6.52. The summed E-state index contributed by atoms with van der Waals surface area (Å²) in [4.78, 5) is 23.4. The summed E-state index contributed by atoms with van der Waals surface area (Å²) in [7, 11) is -3.07. The largest absolute Gasteiger partial charge is 0.478 e. The van der Waals surface area contributed by atoms with Crippen LogP contribution in [0.2, 0.25) is 0 Å². The lowest BCUT2D eigenvalue weighted by Gasteiger charge is -2.09. The molecular weight excluding hydrogens is 314 g/mol. The molecule has 0 aliphatic carbocycles. The molecule has 1 saturated heterocycles. The molecule has 1 unspecified atom stereocenters. The standard InChI is InChI=1S/C13H15NO5S2/c15-12(16)6-4-9-3-5-11(20-9)13(17)14-8-10-2-1-7-21(10,18)19/h3-6,10H,1-2,7-8H2,(H,14,17)(H,15,16)/b6-4+. The van der Waals surface area contributed by atoms with E-state index in [4.69, 9.17) is 5.11 Å². The maximum absolute atomic E-state index is 11.9. The number of thiophene rings is 1. The van der Waals surface area contributed by atoms with Crippen molar-refractivity contribution in [2.24, 2.45) is 0 Å². The number of hydrogen-bond acceptors (Lipinski definition) is 5. The Morgan fingerprint density at radius 2 is 2.19 bits per heavy atom. The van der Waals surface area contributed by atoms with Gasteiger partial charge in [-0.3, -0.25) is 4.79 Å². The van der Waals surface area contributed by atoms with Gasteiger partial charge in [0, 0.05) is 17.5 Å². The molecule has 6 nitrogen and oxygen atoms in total. The van der Waals surface area contributed by atoms with Crippen molar-refractivity contribution < 1.29 is 23.1 Å². The highest BCUT2D eigenvalue weighted by molar-refractivity contribution is 7.92. The summed E-state index contributed by atoms with van der Waals surface area (Å²) in [5.74, 6) is -1.20. The Morgan fingerprint density at radius 1 is 1.43 bits per heavy atom. The Bertz CT molecular complexity index is 674. The Balaban J connectivity index is 1.93. The lowest BCUT2D eigenvalue weighted by Crippen LogP contribution is -2.34. The van der Waals surface area contributed by atoms with Crippen LogP contribution in [0.3, 0.4) is 0 Å². The van der Waals surface area contributed by atoms with E-state index in [2.05, 4.69) is 5.32 Å². The molecule has 2 N–H and O–H groups in total. The molecule has 114 valence electrons. The van der Waals surface area contributed by atoms with E-state index in [1.807, 2.05) is 0 Å². The minimum atomic E-state index is -3.07. The highest BCUT2D eigenvalue weighted by Gasteiger charge is 2.31. The van der Waals surface area contributed by atoms with Crippen LogP contribution < -0.4 is 5.32 Å². The molecule has 0 bridgehead atoms. The second-order valence-corrected chi connectivity index (χ2v) is 8.23. The smallest absolute Gasteiger partial charge is 0.328 e. The number of rotatable bonds is 5. The number of nitrogens with one attached hydrogen (secondary N) is 1. The lowest BCUT2D eigenvalue weighted by molar-refractivity contribution is -0.131. The van der Waals surface area contributed by atoms with Crippen molar-refractivity contribution in [3.05, 3.63) is 28.0 Å². The number of carbonyl (C=O) groups excluding carboxylic acids is 1. The van der Waals surface area contributed by atoms with E-state index in [-0.39, 0.29) is 18.2 Å². The predicted molar refractivity (Wildman–Crippen MR) is 80.1 cm³/mol. The summed E-state index contributed by atoms with van der Waals surface area (Å²) in [6.07, 6.45) is 3.63. The molecule has 0 aromatic carbocycles. The fourth-order valence-corrected chi connectivity index (χ4v) is 4.69. The molecule has 1 aliphatic heterocycles. The van der Waals surface area contributed by atoms with Gasteiger partial charge in [0.1, 0.15) is 0 Å². The zero-order chi connectivity index (χ0) is 15.5. The van der Waals surface area contributed by atoms with E-state index in [0.717, 1.165) is 17.4 Å². The number of hydrogen-bond donors (Lipinski definition) is 2. The molecule has 2 heterocycles. The highest BCUT2D eigenvalue weighted by atomic mass is 32.2. The summed E-state index contributed by atoms with van der Waals surface area (Å²) < 4.78 is 23.3. The first-order chi connectivity index (χ1) is 9.88. The van der Waals surface area contributed by atoms with Crippen LogP contribution in [0.15, 0.2) is 18.2 Å². The van der Waals surface area contributed by atoms with Crippen LogP contribution >= 0.6 is 11.3 Å². The van der Waals surface area contributed by atoms with Gasteiger partial charge in [0.25, 0.3) is 5.91 Å². The quantitative estimate of drug-likeness (QED) is 0.789. The van der Waals surface area contributed by atoms with Crippen molar-refractivity contribution in [1.29, 1.82) is 0 Å². The summed E-state index contributed by atoms with van der Waals surface area (Å²) in [5.41, 5.74) is 0. The van der Waals surface area contributed by atoms with Crippen molar-refractivity contribution in [2.45, 2.75) is 18.1 Å². The van der Waals surface area contributed by atoms with E-state index in [1.165, 1.54) is 6.08 Å². The first kappa shape index (κ1) is 15.7. The summed E-state index contributed by atoms with van der Waals surface area (Å²) in [6.45, 7) is 0.124. The Kier molecular flexibility index (Phi) is 4.79. The SMILES string of the molecule is O=C(O)/C=C/c1ccc(C(=O)NCC2CCCS2(=O)=O)s1.